The van der Waals surface area contributed by atoms with Crippen molar-refractivity contribution in [3.63, 3.8) is 0 Å². The van der Waals surface area contributed by atoms with E-state index in [4.69, 9.17) is 0 Å². The van der Waals surface area contributed by atoms with Crippen LogP contribution in [0.4, 0.5) is 0 Å². The highest BCUT2D eigenvalue weighted by molar-refractivity contribution is 9.10. The second-order valence-electron chi connectivity index (χ2n) is 4.36. The van der Waals surface area contributed by atoms with E-state index in [0.29, 0.717) is 5.25 Å². The molecule has 0 saturated carbocycles. The van der Waals surface area contributed by atoms with Gasteiger partial charge in [-0.1, -0.05) is 15.9 Å². The lowest BCUT2D eigenvalue weighted by molar-refractivity contribution is 0.0953. The molecule has 0 spiro atoms. The smallest absolute Gasteiger partial charge is 0.251 e. The third-order valence-electron chi connectivity index (χ3n) is 2.82. The van der Waals surface area contributed by atoms with E-state index in [1.807, 2.05) is 36.9 Å². The number of carbonyl (C=O) groups is 1. The molecule has 1 aromatic carbocycles. The predicted octanol–water partition coefficient (Wildman–Crippen LogP) is 3.38. The summed E-state index contributed by atoms with van der Waals surface area (Å²) in [6.07, 6.45) is 2.50. The molecule has 1 fully saturated rings. The molecular weight excluding hydrogens is 298 g/mol. The third-order valence-corrected chi connectivity index (χ3v) is 4.67. The SMILES string of the molecule is Cc1cc(Br)cc(C(=O)NCC2CCCS2)c1. The fraction of sp³-hybridized carbons (Fsp3) is 0.462. The second-order valence-corrected chi connectivity index (χ2v) is 6.69. The van der Waals surface area contributed by atoms with Crippen LogP contribution in [0.5, 0.6) is 0 Å². The Labute approximate surface area is 115 Å². The molecule has 0 radical (unpaired) electrons. The molecule has 1 saturated heterocycles. The summed E-state index contributed by atoms with van der Waals surface area (Å²) in [4.78, 5) is 12.0. The van der Waals surface area contributed by atoms with Gasteiger partial charge in [0.15, 0.2) is 0 Å². The Hall–Kier alpha value is -0.480. The van der Waals surface area contributed by atoms with Gasteiger partial charge >= 0.3 is 0 Å². The first kappa shape index (κ1) is 13.0. The molecular formula is C13H16BrNOS. The molecule has 2 nitrogen and oxygen atoms in total. The molecule has 92 valence electrons. The van der Waals surface area contributed by atoms with Crippen LogP contribution >= 0.6 is 27.7 Å². The molecule has 17 heavy (non-hydrogen) atoms. The maximum atomic E-state index is 12.0. The molecule has 2 rings (SSSR count). The molecule has 1 atom stereocenters. The minimum absolute atomic E-state index is 0.0295. The summed E-state index contributed by atoms with van der Waals surface area (Å²) in [6, 6.07) is 5.79. The van der Waals surface area contributed by atoms with Gasteiger partial charge in [-0.2, -0.15) is 11.8 Å². The summed E-state index contributed by atoms with van der Waals surface area (Å²) in [6.45, 7) is 2.78. The summed E-state index contributed by atoms with van der Waals surface area (Å²) in [7, 11) is 0. The largest absolute Gasteiger partial charge is 0.351 e. The summed E-state index contributed by atoms with van der Waals surface area (Å²) in [5.74, 6) is 1.26. The van der Waals surface area contributed by atoms with E-state index in [1.54, 1.807) is 0 Å². The van der Waals surface area contributed by atoms with Crippen molar-refractivity contribution in [3.8, 4) is 0 Å². The topological polar surface area (TPSA) is 29.1 Å². The average molecular weight is 314 g/mol. The zero-order valence-electron chi connectivity index (χ0n) is 9.83. The van der Waals surface area contributed by atoms with Crippen molar-refractivity contribution in [2.75, 3.05) is 12.3 Å². The Morgan fingerprint density at radius 1 is 1.53 bits per heavy atom. The van der Waals surface area contributed by atoms with Crippen LogP contribution in [0.15, 0.2) is 22.7 Å². The van der Waals surface area contributed by atoms with Crippen LogP contribution in [-0.4, -0.2) is 23.5 Å². The fourth-order valence-electron chi connectivity index (χ4n) is 1.98. The molecule has 1 aliphatic rings. The minimum Gasteiger partial charge on any atom is -0.351 e. The van der Waals surface area contributed by atoms with E-state index in [9.17, 15) is 4.79 Å². The molecule has 4 heteroatoms. The Balaban J connectivity index is 1.94. The Bertz CT molecular complexity index is 396. The van der Waals surface area contributed by atoms with Gasteiger partial charge in [0.25, 0.3) is 5.91 Å². The van der Waals surface area contributed by atoms with Gasteiger partial charge in [0, 0.05) is 21.8 Å². The monoisotopic (exact) mass is 313 g/mol. The highest BCUT2D eigenvalue weighted by Gasteiger charge is 2.16. The molecule has 1 aromatic rings. The fourth-order valence-corrected chi connectivity index (χ4v) is 3.79. The summed E-state index contributed by atoms with van der Waals surface area (Å²) < 4.78 is 0.956. The standard InChI is InChI=1S/C13H16BrNOS/c1-9-5-10(7-11(14)6-9)13(16)15-8-12-3-2-4-17-12/h5-7,12H,2-4,8H2,1H3,(H,15,16). The first-order chi connectivity index (χ1) is 8.15. The lowest BCUT2D eigenvalue weighted by atomic mass is 10.1. The van der Waals surface area contributed by atoms with Crippen molar-refractivity contribution in [1.29, 1.82) is 0 Å². The van der Waals surface area contributed by atoms with Crippen molar-refractivity contribution < 1.29 is 4.79 Å². The number of amides is 1. The zero-order valence-corrected chi connectivity index (χ0v) is 12.2. The molecule has 1 N–H and O–H groups in total. The van der Waals surface area contributed by atoms with E-state index in [2.05, 4.69) is 21.2 Å². The third kappa shape index (κ3) is 3.75. The number of aryl methyl sites for hydroxylation is 1. The molecule has 1 heterocycles. The summed E-state index contributed by atoms with van der Waals surface area (Å²) in [5, 5.41) is 3.62. The predicted molar refractivity (Wildman–Crippen MR) is 76.7 cm³/mol. The Kier molecular flexibility index (Phi) is 4.51. The first-order valence-electron chi connectivity index (χ1n) is 5.82. The van der Waals surface area contributed by atoms with Gasteiger partial charge < -0.3 is 5.32 Å². The van der Waals surface area contributed by atoms with Gasteiger partial charge in [-0.15, -0.1) is 0 Å². The summed E-state index contributed by atoms with van der Waals surface area (Å²) in [5.41, 5.74) is 1.83. The van der Waals surface area contributed by atoms with Crippen LogP contribution in [0.2, 0.25) is 0 Å². The van der Waals surface area contributed by atoms with Gasteiger partial charge in [0.2, 0.25) is 0 Å². The maximum Gasteiger partial charge on any atom is 0.251 e. The van der Waals surface area contributed by atoms with Crippen molar-refractivity contribution in [3.05, 3.63) is 33.8 Å². The molecule has 0 aliphatic carbocycles. The normalized spacial score (nSPS) is 19.3. The van der Waals surface area contributed by atoms with Crippen LogP contribution < -0.4 is 5.32 Å². The number of hydrogen-bond donors (Lipinski definition) is 1. The number of benzene rings is 1. The van der Waals surface area contributed by atoms with Crippen LogP contribution in [0.3, 0.4) is 0 Å². The Morgan fingerprint density at radius 2 is 2.35 bits per heavy atom. The molecule has 0 bridgehead atoms. The summed E-state index contributed by atoms with van der Waals surface area (Å²) >= 11 is 5.38. The van der Waals surface area contributed by atoms with E-state index in [0.717, 1.165) is 22.1 Å². The van der Waals surface area contributed by atoms with Gasteiger partial charge in [-0.3, -0.25) is 4.79 Å². The van der Waals surface area contributed by atoms with Gasteiger partial charge in [-0.25, -0.2) is 0 Å². The van der Waals surface area contributed by atoms with Crippen molar-refractivity contribution in [2.24, 2.45) is 0 Å². The van der Waals surface area contributed by atoms with Crippen LogP contribution in [0.1, 0.15) is 28.8 Å². The number of nitrogens with one attached hydrogen (secondary N) is 1. The van der Waals surface area contributed by atoms with Crippen LogP contribution in [0, 0.1) is 6.92 Å². The highest BCUT2D eigenvalue weighted by Crippen LogP contribution is 2.25. The van der Waals surface area contributed by atoms with Gasteiger partial charge in [0.05, 0.1) is 0 Å². The average Bonchev–Trinajstić information content (AvgIpc) is 2.77. The number of rotatable bonds is 3. The lowest BCUT2D eigenvalue weighted by Crippen LogP contribution is -2.29. The highest BCUT2D eigenvalue weighted by atomic mass is 79.9. The number of thioether (sulfide) groups is 1. The maximum absolute atomic E-state index is 12.0. The lowest BCUT2D eigenvalue weighted by Gasteiger charge is -2.10. The number of carbonyl (C=O) groups excluding carboxylic acids is 1. The molecule has 1 aliphatic heterocycles. The van der Waals surface area contributed by atoms with Crippen LogP contribution in [0.25, 0.3) is 0 Å². The zero-order chi connectivity index (χ0) is 12.3. The minimum atomic E-state index is 0.0295. The quantitative estimate of drug-likeness (QED) is 0.927. The van der Waals surface area contributed by atoms with Gasteiger partial charge in [0.1, 0.15) is 0 Å². The van der Waals surface area contributed by atoms with Gasteiger partial charge in [-0.05, 0) is 49.3 Å². The number of halogens is 1. The van der Waals surface area contributed by atoms with E-state index >= 15 is 0 Å². The second kappa shape index (κ2) is 5.91. The van der Waals surface area contributed by atoms with Crippen molar-refractivity contribution in [2.45, 2.75) is 25.0 Å². The first-order valence-corrected chi connectivity index (χ1v) is 7.66. The molecule has 0 aromatic heterocycles. The molecule has 1 unspecified atom stereocenters. The Morgan fingerprint density at radius 3 is 3.00 bits per heavy atom. The van der Waals surface area contributed by atoms with E-state index < -0.39 is 0 Å². The van der Waals surface area contributed by atoms with E-state index in [-0.39, 0.29) is 5.91 Å². The number of hydrogen-bond acceptors (Lipinski definition) is 2. The molecule has 1 amide bonds. The van der Waals surface area contributed by atoms with E-state index in [1.165, 1.54) is 18.6 Å². The van der Waals surface area contributed by atoms with Crippen LogP contribution in [-0.2, 0) is 0 Å². The van der Waals surface area contributed by atoms with Crippen molar-refractivity contribution >= 4 is 33.6 Å². The van der Waals surface area contributed by atoms with Crippen molar-refractivity contribution in [1.82, 2.24) is 5.32 Å².